The Morgan fingerprint density at radius 2 is 2.11 bits per heavy atom. The molecule has 194 valence electrons. The number of hydrogen-bond acceptors (Lipinski definition) is 10. The summed E-state index contributed by atoms with van der Waals surface area (Å²) in [5.41, 5.74) is -3.97. The zero-order valence-corrected chi connectivity index (χ0v) is 20.3. The van der Waals surface area contributed by atoms with Gasteiger partial charge in [-0.15, -0.1) is 0 Å². The maximum Gasteiger partial charge on any atom is 0.395 e. The van der Waals surface area contributed by atoms with E-state index in [0.29, 0.717) is 0 Å². The number of H-pyrrole nitrogens is 1. The fourth-order valence-electron chi connectivity index (χ4n) is 3.34. The van der Waals surface area contributed by atoms with Gasteiger partial charge in [0.15, 0.2) is 23.7 Å². The van der Waals surface area contributed by atoms with Crippen LogP contribution in [0.2, 0.25) is 0 Å². The standard InChI is InChI=1S/C22H25FN3O9P/c1-4-11-32-19(29)13(2)25-36(31)35-15-8-6-5-7-14(15)33-12-16-18(28)22(3,23)20(34-16)26-10-9-17(27)24-21(26)30/h4-10,13,16,18,20,28H,1,11-12H2,2-3H3,(H,24,27,30)/t13-,16+,18+,20+,22+/m0/s1. The van der Waals surface area contributed by atoms with Gasteiger partial charge in [0.2, 0.25) is 5.75 Å². The summed E-state index contributed by atoms with van der Waals surface area (Å²) < 4.78 is 41.2. The summed E-state index contributed by atoms with van der Waals surface area (Å²) in [6.45, 7) is 5.49. The summed E-state index contributed by atoms with van der Waals surface area (Å²) in [5, 5.41) is 10.5. The minimum Gasteiger partial charge on any atom is -0.575 e. The van der Waals surface area contributed by atoms with Gasteiger partial charge in [0.05, 0.1) is 0 Å². The summed E-state index contributed by atoms with van der Waals surface area (Å²) in [7, 11) is -2.69. The SMILES string of the molecule is C=CCOC(=O)[C@H](C)N=[P+]([O-])Oc1ccccc1OC[C@H]1O[C@@H](n2ccc(=O)[nH]c2=O)[C@](C)(F)[C@@H]1O. The van der Waals surface area contributed by atoms with Crippen LogP contribution in [0, 0.1) is 0 Å². The Kier molecular flexibility index (Phi) is 8.75. The molecule has 1 fully saturated rings. The highest BCUT2D eigenvalue weighted by atomic mass is 31.1. The van der Waals surface area contributed by atoms with E-state index in [-0.39, 0.29) is 24.7 Å². The first-order valence-corrected chi connectivity index (χ1v) is 11.9. The lowest BCUT2D eigenvalue weighted by Gasteiger charge is -2.24. The van der Waals surface area contributed by atoms with Gasteiger partial charge in [0, 0.05) is 12.3 Å². The van der Waals surface area contributed by atoms with Gasteiger partial charge in [-0.2, -0.15) is 0 Å². The number of carbonyl (C=O) groups is 1. The van der Waals surface area contributed by atoms with Crippen molar-refractivity contribution >= 4 is 14.1 Å². The molecule has 2 N–H and O–H groups in total. The monoisotopic (exact) mass is 525 g/mol. The number of benzene rings is 1. The van der Waals surface area contributed by atoms with E-state index in [0.717, 1.165) is 23.8 Å². The van der Waals surface area contributed by atoms with Crippen LogP contribution in [0.25, 0.3) is 0 Å². The number of nitrogens with zero attached hydrogens (tertiary/aromatic N) is 2. The summed E-state index contributed by atoms with van der Waals surface area (Å²) in [6.07, 6.45) is -1.99. The second-order valence-electron chi connectivity index (χ2n) is 7.94. The number of rotatable bonds is 10. The van der Waals surface area contributed by atoms with E-state index in [9.17, 15) is 24.4 Å². The zero-order chi connectivity index (χ0) is 26.5. The minimum atomic E-state index is -2.69. The number of nitrogens with one attached hydrogen (secondary N) is 1. The molecule has 2 aromatic rings. The van der Waals surface area contributed by atoms with Crippen molar-refractivity contribution in [3.63, 3.8) is 0 Å². The average molecular weight is 525 g/mol. The molecular formula is C22H25FN3O9P. The van der Waals surface area contributed by atoms with Crippen LogP contribution in [-0.4, -0.2) is 57.8 Å². The van der Waals surface area contributed by atoms with Gasteiger partial charge in [0.25, 0.3) is 5.56 Å². The number of ether oxygens (including phenoxy) is 3. The molecule has 6 atom stereocenters. The first-order chi connectivity index (χ1) is 17.0. The molecule has 0 amide bonds. The van der Waals surface area contributed by atoms with Crippen LogP contribution in [0.15, 0.2) is 63.5 Å². The molecule has 1 saturated heterocycles. The number of para-hydroxylation sites is 2. The highest BCUT2D eigenvalue weighted by Crippen LogP contribution is 2.41. The van der Waals surface area contributed by atoms with Crippen LogP contribution in [0.5, 0.6) is 11.5 Å². The number of esters is 1. The largest absolute Gasteiger partial charge is 0.575 e. The van der Waals surface area contributed by atoms with Gasteiger partial charge in [-0.3, -0.25) is 18.9 Å². The van der Waals surface area contributed by atoms with Gasteiger partial charge < -0.3 is 24.2 Å². The molecule has 36 heavy (non-hydrogen) atoms. The van der Waals surface area contributed by atoms with Gasteiger partial charge in [-0.05, 0) is 26.0 Å². The maximum atomic E-state index is 15.3. The summed E-state index contributed by atoms with van der Waals surface area (Å²) >= 11 is 0. The van der Waals surface area contributed by atoms with E-state index >= 15 is 4.39 Å². The quantitative estimate of drug-likeness (QED) is 0.261. The highest BCUT2D eigenvalue weighted by Gasteiger charge is 2.55. The van der Waals surface area contributed by atoms with Gasteiger partial charge in [-0.25, -0.2) is 14.0 Å². The van der Waals surface area contributed by atoms with Crippen molar-refractivity contribution in [2.24, 2.45) is 4.74 Å². The Hall–Kier alpha value is -3.38. The molecule has 0 saturated carbocycles. The molecule has 0 aliphatic carbocycles. The van der Waals surface area contributed by atoms with Crippen LogP contribution >= 0.6 is 8.17 Å². The lowest BCUT2D eigenvalue weighted by molar-refractivity contribution is -0.169. The average Bonchev–Trinajstić information content (AvgIpc) is 3.05. The van der Waals surface area contributed by atoms with E-state index in [1.807, 2.05) is 4.98 Å². The van der Waals surface area contributed by atoms with Crippen molar-refractivity contribution in [3.05, 3.63) is 70.0 Å². The zero-order valence-electron chi connectivity index (χ0n) is 19.4. The molecule has 0 bridgehead atoms. The third-order valence-corrected chi connectivity index (χ3v) is 6.09. The van der Waals surface area contributed by atoms with Crippen molar-refractivity contribution in [3.8, 4) is 11.5 Å². The Labute approximate surface area is 205 Å². The Morgan fingerprint density at radius 1 is 1.42 bits per heavy atom. The fourth-order valence-corrected chi connectivity index (χ4v) is 4.08. The van der Waals surface area contributed by atoms with E-state index in [1.165, 1.54) is 25.1 Å². The number of alkyl halides is 1. The Balaban J connectivity index is 1.70. The van der Waals surface area contributed by atoms with Gasteiger partial charge in [-0.1, -0.05) is 29.5 Å². The third-order valence-electron chi connectivity index (χ3n) is 5.20. The fraction of sp³-hybridized carbons (Fsp3) is 0.409. The van der Waals surface area contributed by atoms with E-state index in [2.05, 4.69) is 11.3 Å². The predicted molar refractivity (Wildman–Crippen MR) is 123 cm³/mol. The molecule has 1 aliphatic heterocycles. The molecular weight excluding hydrogens is 500 g/mol. The van der Waals surface area contributed by atoms with E-state index < -0.39 is 55.5 Å². The first-order valence-electron chi connectivity index (χ1n) is 10.7. The number of aliphatic hydroxyl groups excluding tert-OH is 1. The van der Waals surface area contributed by atoms with Crippen LogP contribution < -0.4 is 25.4 Å². The molecule has 3 rings (SSSR count). The topological polar surface area (TPSA) is 164 Å². The van der Waals surface area contributed by atoms with Gasteiger partial charge in [0.1, 0.15) is 25.4 Å². The minimum absolute atomic E-state index is 0.0120. The molecule has 0 radical (unpaired) electrons. The van der Waals surface area contributed by atoms with Gasteiger partial charge >= 0.3 is 19.8 Å². The molecule has 1 aromatic heterocycles. The third kappa shape index (κ3) is 6.24. The lowest BCUT2D eigenvalue weighted by atomic mass is 9.98. The van der Waals surface area contributed by atoms with Crippen LogP contribution in [0.3, 0.4) is 0 Å². The van der Waals surface area contributed by atoms with Crippen molar-refractivity contribution in [2.45, 2.75) is 44.0 Å². The van der Waals surface area contributed by atoms with Crippen molar-refractivity contribution in [1.29, 1.82) is 0 Å². The number of aliphatic hydroxyl groups is 1. The molecule has 14 heteroatoms. The number of halogens is 1. The van der Waals surface area contributed by atoms with Crippen LogP contribution in [0.4, 0.5) is 4.39 Å². The number of hydrogen-bond donors (Lipinski definition) is 2. The second kappa shape index (κ2) is 11.6. The van der Waals surface area contributed by atoms with Crippen molar-refractivity contribution < 1.29 is 37.9 Å². The Morgan fingerprint density at radius 3 is 2.78 bits per heavy atom. The number of aromatic amines is 1. The normalized spacial score (nSPS) is 24.7. The summed E-state index contributed by atoms with van der Waals surface area (Å²) in [5.74, 6) is -0.610. The molecule has 1 unspecified atom stereocenters. The Bertz CT molecular complexity index is 1250. The number of carbonyl (C=O) groups excluding carboxylic acids is 1. The van der Waals surface area contributed by atoms with Crippen molar-refractivity contribution in [2.75, 3.05) is 13.2 Å². The highest BCUT2D eigenvalue weighted by molar-refractivity contribution is 7.34. The van der Waals surface area contributed by atoms with Crippen LogP contribution in [-0.2, 0) is 14.3 Å². The lowest BCUT2D eigenvalue weighted by Crippen LogP contribution is -2.43. The van der Waals surface area contributed by atoms with Crippen molar-refractivity contribution in [1.82, 2.24) is 9.55 Å². The molecule has 2 heterocycles. The smallest absolute Gasteiger partial charge is 0.395 e. The molecule has 1 aromatic carbocycles. The first kappa shape index (κ1) is 27.2. The number of aromatic nitrogens is 2. The summed E-state index contributed by atoms with van der Waals surface area (Å²) in [4.78, 5) is 49.5. The second-order valence-corrected chi connectivity index (χ2v) is 8.83. The predicted octanol–water partition coefficient (Wildman–Crippen LogP) is 0.954. The summed E-state index contributed by atoms with van der Waals surface area (Å²) in [6, 6.07) is 6.05. The molecule has 0 spiro atoms. The van der Waals surface area contributed by atoms with Crippen LogP contribution in [0.1, 0.15) is 20.1 Å². The van der Waals surface area contributed by atoms with E-state index in [1.54, 1.807) is 12.1 Å². The van der Waals surface area contributed by atoms with E-state index in [4.69, 9.17) is 18.7 Å². The maximum absolute atomic E-state index is 15.3. The molecule has 1 aliphatic rings. The molecule has 12 nitrogen and oxygen atoms in total.